The lowest BCUT2D eigenvalue weighted by Gasteiger charge is -2.26. The minimum atomic E-state index is -2.44. The molecule has 9 heteroatoms. The highest BCUT2D eigenvalue weighted by Crippen LogP contribution is 2.02. The van der Waals surface area contributed by atoms with Crippen molar-refractivity contribution in [3.05, 3.63) is 0 Å². The van der Waals surface area contributed by atoms with Gasteiger partial charge in [0.05, 0.1) is 0 Å². The molecule has 0 bridgehead atoms. The van der Waals surface area contributed by atoms with E-state index in [1.165, 1.54) is 0 Å². The maximum Gasteiger partial charge on any atom is 0.577 e. The molecule has 0 radical (unpaired) electrons. The van der Waals surface area contributed by atoms with Gasteiger partial charge in [-0.1, -0.05) is 0 Å². The predicted molar refractivity (Wildman–Crippen MR) is 45.7 cm³/mol. The molecular formula is H9Al3O4Si2. The number of hydrogen-bond acceptors (Lipinski definition) is 4. The third kappa shape index (κ3) is 3.18. The first kappa shape index (κ1) is 10.9. The van der Waals surface area contributed by atoms with Gasteiger partial charge in [0.1, 0.15) is 10.5 Å². The van der Waals surface area contributed by atoms with Gasteiger partial charge in [-0.15, -0.1) is 0 Å². The van der Waals surface area contributed by atoms with Gasteiger partial charge in [-0.3, -0.25) is 0 Å². The van der Waals surface area contributed by atoms with Gasteiger partial charge in [0, 0.05) is 0 Å². The van der Waals surface area contributed by atoms with E-state index in [4.69, 9.17) is 14.5 Å². The Bertz CT molecular complexity index is 56.7. The van der Waals surface area contributed by atoms with Gasteiger partial charge >= 0.3 is 58.9 Å². The van der Waals surface area contributed by atoms with Crippen LogP contribution in [-0.4, -0.2) is 69.4 Å². The Kier molecular flexibility index (Phi) is 6.66. The molecule has 0 aromatic carbocycles. The molecule has 0 amide bonds. The van der Waals surface area contributed by atoms with E-state index in [0.29, 0.717) is 60.4 Å². The molecule has 0 spiro atoms. The molecule has 0 heterocycles. The van der Waals surface area contributed by atoms with Crippen molar-refractivity contribution < 1.29 is 14.5 Å². The summed E-state index contributed by atoms with van der Waals surface area (Å²) in [5.74, 6) is 0. The van der Waals surface area contributed by atoms with Gasteiger partial charge in [0.2, 0.25) is 0 Å². The van der Waals surface area contributed by atoms with Crippen molar-refractivity contribution in [1.82, 2.24) is 0 Å². The van der Waals surface area contributed by atoms with Crippen LogP contribution in [0.3, 0.4) is 0 Å². The Labute approximate surface area is 83.5 Å². The summed E-state index contributed by atoms with van der Waals surface area (Å²) in [7, 11) is -1.82. The fourth-order valence-electron chi connectivity index (χ4n) is 0.500. The number of rotatable bonds is 4. The van der Waals surface area contributed by atoms with Gasteiger partial charge in [0.25, 0.3) is 0 Å². The molecule has 0 saturated carbocycles. The first-order chi connectivity index (χ1) is 4.24. The Hall–Kier alpha value is 1.87. The SMILES string of the molecule is [AlH2][O][Si]([O][AlH2])([O][AlH2])O[SiH3]. The zero-order valence-corrected chi connectivity index (χ0v) is 15.1. The van der Waals surface area contributed by atoms with Crippen LogP contribution < -0.4 is 0 Å². The lowest BCUT2D eigenvalue weighted by Crippen LogP contribution is -2.46. The molecular weight excluding hydrogens is 201 g/mol. The minimum absolute atomic E-state index is 0.628. The summed E-state index contributed by atoms with van der Waals surface area (Å²) >= 11 is 1.89. The van der Waals surface area contributed by atoms with E-state index in [2.05, 4.69) is 0 Å². The van der Waals surface area contributed by atoms with Gasteiger partial charge in [0.15, 0.2) is 0 Å². The standard InChI is InChI=1S/3Al.H3O4Si2.6H/c;;;1-6(2,3)4-5;;;;;;/h;;;5H3;;;;;;/q3*+1;-3;;;;;;. The Balaban J connectivity index is 3.82. The molecule has 0 aliphatic carbocycles. The summed E-state index contributed by atoms with van der Waals surface area (Å²) in [6.07, 6.45) is 0. The van der Waals surface area contributed by atoms with E-state index >= 15 is 0 Å². The Morgan fingerprint density at radius 1 is 1.00 bits per heavy atom. The molecule has 0 N–H and O–H groups in total. The maximum atomic E-state index is 5.10. The average Bonchev–Trinajstić information content (AvgIpc) is 1.95. The molecule has 0 aromatic heterocycles. The van der Waals surface area contributed by atoms with Crippen LogP contribution in [-0.2, 0) is 14.5 Å². The highest BCUT2D eigenvalue weighted by atomic mass is 28.4. The van der Waals surface area contributed by atoms with E-state index in [1.807, 2.05) is 0 Å². The zero-order chi connectivity index (χ0) is 7.33. The van der Waals surface area contributed by atoms with Crippen LogP contribution in [0.1, 0.15) is 0 Å². The second-order valence-corrected chi connectivity index (χ2v) is 8.85. The molecule has 0 saturated heterocycles. The molecule has 0 atom stereocenters. The largest absolute Gasteiger partial charge is 0.577 e. The molecule has 50 valence electrons. The van der Waals surface area contributed by atoms with Crippen LogP contribution in [0, 0.1) is 0 Å². The van der Waals surface area contributed by atoms with E-state index in [0.717, 1.165) is 0 Å². The fraction of sp³-hybridized carbons (Fsp3) is 0. The van der Waals surface area contributed by atoms with Crippen LogP contribution in [0.2, 0.25) is 0 Å². The third-order valence-corrected chi connectivity index (χ3v) is 9.00. The van der Waals surface area contributed by atoms with Crippen LogP contribution in [0.4, 0.5) is 0 Å². The first-order valence-corrected chi connectivity index (χ1v) is 7.35. The summed E-state index contributed by atoms with van der Waals surface area (Å²) in [6, 6.07) is 0. The second kappa shape index (κ2) is 5.51. The fourth-order valence-corrected chi connectivity index (χ4v) is 13.5. The van der Waals surface area contributed by atoms with Gasteiger partial charge in [-0.25, -0.2) is 0 Å². The van der Waals surface area contributed by atoms with Gasteiger partial charge in [-0.2, -0.15) is 0 Å². The normalized spacial score (nSPS) is 12.0. The summed E-state index contributed by atoms with van der Waals surface area (Å²) in [4.78, 5) is 0. The monoisotopic (exact) mass is 210 g/mol. The van der Waals surface area contributed by atoms with Crippen molar-refractivity contribution in [2.24, 2.45) is 0 Å². The van der Waals surface area contributed by atoms with Crippen LogP contribution in [0.15, 0.2) is 0 Å². The zero-order valence-electron chi connectivity index (χ0n) is 6.13. The van der Waals surface area contributed by atoms with Crippen molar-refractivity contribution in [2.75, 3.05) is 0 Å². The summed E-state index contributed by atoms with van der Waals surface area (Å²) in [5, 5.41) is 0. The highest BCUT2D eigenvalue weighted by molar-refractivity contribution is 6.66. The smallest absolute Gasteiger partial charge is 0.490 e. The van der Waals surface area contributed by atoms with Crippen molar-refractivity contribution >= 4 is 69.4 Å². The Morgan fingerprint density at radius 2 is 1.33 bits per heavy atom. The topological polar surface area (TPSA) is 36.9 Å². The van der Waals surface area contributed by atoms with E-state index in [1.54, 1.807) is 0 Å². The van der Waals surface area contributed by atoms with Crippen molar-refractivity contribution in [2.45, 2.75) is 0 Å². The van der Waals surface area contributed by atoms with Crippen molar-refractivity contribution in [3.8, 4) is 0 Å². The quantitative estimate of drug-likeness (QED) is 0.438. The molecule has 0 fully saturated rings. The van der Waals surface area contributed by atoms with Gasteiger partial charge in [-0.05, 0) is 0 Å². The summed E-state index contributed by atoms with van der Waals surface area (Å²) in [6.45, 7) is 0. The number of hydrogen-bond donors (Lipinski definition) is 0. The lowest BCUT2D eigenvalue weighted by atomic mass is 15.6. The van der Waals surface area contributed by atoms with E-state index in [-0.39, 0.29) is 0 Å². The molecule has 0 unspecified atom stereocenters. The maximum absolute atomic E-state index is 5.10. The van der Waals surface area contributed by atoms with E-state index < -0.39 is 9.05 Å². The van der Waals surface area contributed by atoms with Crippen LogP contribution in [0.25, 0.3) is 0 Å². The highest BCUT2D eigenvalue weighted by Gasteiger charge is 2.33. The molecule has 0 rings (SSSR count). The lowest BCUT2D eigenvalue weighted by molar-refractivity contribution is 0.189. The van der Waals surface area contributed by atoms with E-state index in [9.17, 15) is 0 Å². The minimum Gasteiger partial charge on any atom is -0.490 e. The van der Waals surface area contributed by atoms with Crippen LogP contribution in [0.5, 0.6) is 0 Å². The Morgan fingerprint density at radius 3 is 1.33 bits per heavy atom. The molecule has 0 aromatic rings. The van der Waals surface area contributed by atoms with Gasteiger partial charge < -0.3 is 14.5 Å². The van der Waals surface area contributed by atoms with Crippen molar-refractivity contribution in [1.29, 1.82) is 0 Å². The third-order valence-electron chi connectivity index (χ3n) is 1.00. The molecule has 9 heavy (non-hydrogen) atoms. The molecule has 0 aliphatic rings. The van der Waals surface area contributed by atoms with Crippen LogP contribution >= 0.6 is 0 Å². The first-order valence-electron chi connectivity index (χ1n) is 2.45. The predicted octanol–water partition coefficient (Wildman–Crippen LogP) is -4.59. The van der Waals surface area contributed by atoms with Crippen molar-refractivity contribution in [3.63, 3.8) is 0 Å². The molecule has 4 nitrogen and oxygen atoms in total. The molecule has 0 aliphatic heterocycles. The summed E-state index contributed by atoms with van der Waals surface area (Å²) in [5.41, 5.74) is 0. The average molecular weight is 210 g/mol. The second-order valence-electron chi connectivity index (χ2n) is 1.32. The summed E-state index contributed by atoms with van der Waals surface area (Å²) < 4.78 is 20.4.